The lowest BCUT2D eigenvalue weighted by molar-refractivity contribution is -0.137. The molecule has 0 aliphatic heterocycles. The number of hydrogen-bond acceptors (Lipinski definition) is 3. The largest absolute Gasteiger partial charge is 0.417 e. The quantitative estimate of drug-likeness (QED) is 0.700. The summed E-state index contributed by atoms with van der Waals surface area (Å²) in [5.74, 6) is 0.0823. The fourth-order valence-electron chi connectivity index (χ4n) is 2.05. The van der Waals surface area contributed by atoms with Crippen molar-refractivity contribution in [2.45, 2.75) is 25.9 Å². The number of nitrogens with one attached hydrogen (secondary N) is 2. The Morgan fingerprint density at radius 2 is 2.00 bits per heavy atom. The predicted molar refractivity (Wildman–Crippen MR) is 91.2 cm³/mol. The summed E-state index contributed by atoms with van der Waals surface area (Å²) < 4.78 is 38.6. The maximum absolute atomic E-state index is 12.9. The van der Waals surface area contributed by atoms with Crippen LogP contribution in [0, 0.1) is 0 Å². The molecular weight excluding hydrogens is 355 g/mol. The van der Waals surface area contributed by atoms with Gasteiger partial charge >= 0.3 is 6.18 Å². The monoisotopic (exact) mass is 371 g/mol. The molecule has 1 amide bonds. The van der Waals surface area contributed by atoms with Gasteiger partial charge in [-0.15, -0.1) is 0 Å². The van der Waals surface area contributed by atoms with Crippen LogP contribution >= 0.6 is 11.6 Å². The molecule has 1 aromatic heterocycles. The zero-order valence-electron chi connectivity index (χ0n) is 13.5. The predicted octanol–water partition coefficient (Wildman–Crippen LogP) is 5.03. The molecule has 1 aromatic carbocycles. The van der Waals surface area contributed by atoms with Crippen molar-refractivity contribution in [1.29, 1.82) is 0 Å². The van der Waals surface area contributed by atoms with Gasteiger partial charge in [0, 0.05) is 18.4 Å². The first-order valence-electron chi connectivity index (χ1n) is 7.69. The van der Waals surface area contributed by atoms with E-state index in [1.165, 1.54) is 24.4 Å². The van der Waals surface area contributed by atoms with Crippen molar-refractivity contribution in [3.8, 4) is 0 Å². The third-order valence-electron chi connectivity index (χ3n) is 3.39. The van der Waals surface area contributed by atoms with Crippen LogP contribution in [0.3, 0.4) is 0 Å². The summed E-state index contributed by atoms with van der Waals surface area (Å²) in [7, 11) is 0. The standard InChI is InChI=1S/C17H17ClF3N3O/c1-2-3-8-22-16(25)11-4-7-15(23-10-11)24-12-5-6-14(18)13(9-12)17(19,20)21/h4-7,9-10H,2-3,8H2,1H3,(H,22,25)(H,23,24). The van der Waals surface area contributed by atoms with Crippen LogP contribution in [0.4, 0.5) is 24.7 Å². The van der Waals surface area contributed by atoms with Gasteiger partial charge in [0.25, 0.3) is 5.91 Å². The number of hydrogen-bond donors (Lipinski definition) is 2. The zero-order valence-corrected chi connectivity index (χ0v) is 14.2. The van der Waals surface area contributed by atoms with Gasteiger partial charge in [0.15, 0.2) is 0 Å². The molecule has 134 valence electrons. The Labute approximate surface area is 148 Å². The first-order valence-corrected chi connectivity index (χ1v) is 8.07. The maximum atomic E-state index is 12.9. The molecule has 0 radical (unpaired) electrons. The lowest BCUT2D eigenvalue weighted by atomic mass is 10.2. The maximum Gasteiger partial charge on any atom is 0.417 e. The van der Waals surface area contributed by atoms with Crippen molar-refractivity contribution in [3.05, 3.63) is 52.7 Å². The van der Waals surface area contributed by atoms with Crippen LogP contribution in [0.25, 0.3) is 0 Å². The Morgan fingerprint density at radius 1 is 1.24 bits per heavy atom. The lowest BCUT2D eigenvalue weighted by Gasteiger charge is -2.12. The first-order chi connectivity index (χ1) is 11.8. The van der Waals surface area contributed by atoms with E-state index >= 15 is 0 Å². The Bertz CT molecular complexity index is 733. The summed E-state index contributed by atoms with van der Waals surface area (Å²) in [6, 6.07) is 6.58. The average Bonchev–Trinajstić information content (AvgIpc) is 2.56. The normalized spacial score (nSPS) is 11.2. The third-order valence-corrected chi connectivity index (χ3v) is 3.72. The van der Waals surface area contributed by atoms with E-state index in [-0.39, 0.29) is 16.6 Å². The van der Waals surface area contributed by atoms with E-state index in [2.05, 4.69) is 15.6 Å². The van der Waals surface area contributed by atoms with Crippen molar-refractivity contribution in [3.63, 3.8) is 0 Å². The summed E-state index contributed by atoms with van der Waals surface area (Å²) in [6.07, 6.45) is -1.31. The minimum atomic E-state index is -4.54. The van der Waals surface area contributed by atoms with Crippen LogP contribution in [-0.4, -0.2) is 17.4 Å². The van der Waals surface area contributed by atoms with E-state index in [0.29, 0.717) is 17.9 Å². The van der Waals surface area contributed by atoms with Gasteiger partial charge in [-0.05, 0) is 36.8 Å². The second-order valence-electron chi connectivity index (χ2n) is 5.36. The molecule has 2 rings (SSSR count). The number of rotatable bonds is 6. The van der Waals surface area contributed by atoms with Gasteiger partial charge in [0.05, 0.1) is 16.1 Å². The Kier molecular flexibility index (Phi) is 6.25. The third kappa shape index (κ3) is 5.35. The van der Waals surface area contributed by atoms with Gasteiger partial charge in [-0.25, -0.2) is 4.98 Å². The van der Waals surface area contributed by atoms with E-state index in [1.54, 1.807) is 6.07 Å². The second kappa shape index (κ2) is 8.20. The number of amides is 1. The summed E-state index contributed by atoms with van der Waals surface area (Å²) in [6.45, 7) is 2.61. The molecule has 1 heterocycles. The summed E-state index contributed by atoms with van der Waals surface area (Å²) in [5, 5.41) is 5.15. The Morgan fingerprint density at radius 3 is 2.60 bits per heavy atom. The van der Waals surface area contributed by atoms with Gasteiger partial charge in [0.1, 0.15) is 5.82 Å². The fourth-order valence-corrected chi connectivity index (χ4v) is 2.28. The SMILES string of the molecule is CCCCNC(=O)c1ccc(Nc2ccc(Cl)c(C(F)(F)F)c2)nc1. The number of aromatic nitrogens is 1. The topological polar surface area (TPSA) is 54.0 Å². The molecule has 0 saturated heterocycles. The molecule has 0 aliphatic rings. The zero-order chi connectivity index (χ0) is 18.4. The highest BCUT2D eigenvalue weighted by Gasteiger charge is 2.33. The Balaban J connectivity index is 2.08. The molecule has 0 fully saturated rings. The van der Waals surface area contributed by atoms with Crippen molar-refractivity contribution in [2.24, 2.45) is 0 Å². The van der Waals surface area contributed by atoms with Crippen molar-refractivity contribution >= 4 is 29.0 Å². The highest BCUT2D eigenvalue weighted by Crippen LogP contribution is 2.36. The minimum absolute atomic E-state index is 0.198. The summed E-state index contributed by atoms with van der Waals surface area (Å²) >= 11 is 5.58. The van der Waals surface area contributed by atoms with Crippen LogP contribution in [0.15, 0.2) is 36.5 Å². The van der Waals surface area contributed by atoms with Crippen molar-refractivity contribution in [2.75, 3.05) is 11.9 Å². The van der Waals surface area contributed by atoms with E-state index in [4.69, 9.17) is 11.6 Å². The molecule has 0 aliphatic carbocycles. The number of anilines is 2. The van der Waals surface area contributed by atoms with Crippen molar-refractivity contribution < 1.29 is 18.0 Å². The van der Waals surface area contributed by atoms with Crippen LogP contribution in [0.2, 0.25) is 5.02 Å². The average molecular weight is 372 g/mol. The minimum Gasteiger partial charge on any atom is -0.352 e. The molecule has 0 unspecified atom stereocenters. The first kappa shape index (κ1) is 19.1. The van der Waals surface area contributed by atoms with Crippen LogP contribution in [0.1, 0.15) is 35.7 Å². The molecule has 2 N–H and O–H groups in total. The van der Waals surface area contributed by atoms with Crippen LogP contribution in [-0.2, 0) is 6.18 Å². The highest BCUT2D eigenvalue weighted by atomic mass is 35.5. The van der Waals surface area contributed by atoms with Gasteiger partial charge in [-0.3, -0.25) is 4.79 Å². The number of alkyl halides is 3. The number of benzene rings is 1. The second-order valence-corrected chi connectivity index (χ2v) is 5.77. The van der Waals surface area contributed by atoms with Gasteiger partial charge in [-0.2, -0.15) is 13.2 Å². The van der Waals surface area contributed by atoms with Crippen LogP contribution < -0.4 is 10.6 Å². The number of carbonyl (C=O) groups is 1. The van der Waals surface area contributed by atoms with E-state index in [0.717, 1.165) is 18.9 Å². The number of unbranched alkanes of at least 4 members (excludes halogenated alkanes) is 1. The molecule has 0 saturated carbocycles. The summed E-state index contributed by atoms with van der Waals surface area (Å²) in [5.41, 5.74) is -0.343. The smallest absolute Gasteiger partial charge is 0.352 e. The van der Waals surface area contributed by atoms with E-state index in [1.807, 2.05) is 6.92 Å². The Hall–Kier alpha value is -2.28. The molecular formula is C17H17ClF3N3O. The number of nitrogens with zero attached hydrogens (tertiary/aromatic N) is 1. The molecule has 0 atom stereocenters. The molecule has 2 aromatic rings. The van der Waals surface area contributed by atoms with E-state index in [9.17, 15) is 18.0 Å². The number of carbonyl (C=O) groups excluding carboxylic acids is 1. The van der Waals surface area contributed by atoms with E-state index < -0.39 is 11.7 Å². The van der Waals surface area contributed by atoms with Gasteiger partial charge in [-0.1, -0.05) is 24.9 Å². The van der Waals surface area contributed by atoms with Crippen molar-refractivity contribution in [1.82, 2.24) is 10.3 Å². The molecule has 8 heteroatoms. The lowest BCUT2D eigenvalue weighted by Crippen LogP contribution is -2.24. The van der Waals surface area contributed by atoms with Gasteiger partial charge < -0.3 is 10.6 Å². The number of halogens is 4. The molecule has 0 spiro atoms. The molecule has 4 nitrogen and oxygen atoms in total. The summed E-state index contributed by atoms with van der Waals surface area (Å²) in [4.78, 5) is 15.9. The fraction of sp³-hybridized carbons (Fsp3) is 0.294. The molecule has 0 bridgehead atoms. The molecule has 25 heavy (non-hydrogen) atoms. The number of pyridine rings is 1. The van der Waals surface area contributed by atoms with Crippen LogP contribution in [0.5, 0.6) is 0 Å². The van der Waals surface area contributed by atoms with Gasteiger partial charge in [0.2, 0.25) is 0 Å². The highest BCUT2D eigenvalue weighted by molar-refractivity contribution is 6.31.